The predicted molar refractivity (Wildman–Crippen MR) is 113 cm³/mol. The first kappa shape index (κ1) is 20.5. The normalized spacial score (nSPS) is 15.1. The van der Waals surface area contributed by atoms with Crippen molar-refractivity contribution in [1.29, 1.82) is 0 Å². The zero-order valence-corrected chi connectivity index (χ0v) is 17.0. The second kappa shape index (κ2) is 9.34. The molecule has 0 bridgehead atoms. The minimum Gasteiger partial charge on any atom is -0.497 e. The number of ether oxygens (including phenoxy) is 1. The fraction of sp³-hybridized carbons (Fsp3) is 0.318. The van der Waals surface area contributed by atoms with Crippen molar-refractivity contribution in [2.75, 3.05) is 32.8 Å². The highest BCUT2D eigenvalue weighted by Gasteiger charge is 2.26. The lowest BCUT2D eigenvalue weighted by Gasteiger charge is -2.26. The first-order valence-electron chi connectivity index (χ1n) is 9.53. The number of carbonyl (C=O) groups excluding carboxylic acids is 2. The first-order valence-corrected chi connectivity index (χ1v) is 9.53. The van der Waals surface area contributed by atoms with Crippen LogP contribution in [0.2, 0.25) is 0 Å². The van der Waals surface area contributed by atoms with Gasteiger partial charge in [0.1, 0.15) is 11.5 Å². The fourth-order valence-electron chi connectivity index (χ4n) is 3.23. The molecule has 0 fully saturated rings. The Balaban J connectivity index is 1.72. The Morgan fingerprint density at radius 1 is 1.17 bits per heavy atom. The average Bonchev–Trinajstić information content (AvgIpc) is 2.74. The molecule has 0 saturated carbocycles. The van der Waals surface area contributed by atoms with Crippen LogP contribution >= 0.6 is 0 Å². The van der Waals surface area contributed by atoms with Gasteiger partial charge in [0.05, 0.1) is 18.8 Å². The van der Waals surface area contributed by atoms with Crippen LogP contribution in [0.15, 0.2) is 59.7 Å². The van der Waals surface area contributed by atoms with Gasteiger partial charge in [0.25, 0.3) is 5.91 Å². The maximum Gasteiger partial charge on any atom is 0.267 e. The highest BCUT2D eigenvalue weighted by molar-refractivity contribution is 6.40. The molecule has 0 saturated heterocycles. The summed E-state index contributed by atoms with van der Waals surface area (Å²) in [6, 6.07) is 16.9. The van der Waals surface area contributed by atoms with Gasteiger partial charge < -0.3 is 15.0 Å². The third-order valence-electron chi connectivity index (χ3n) is 4.85. The van der Waals surface area contributed by atoms with E-state index in [0.29, 0.717) is 24.4 Å². The monoisotopic (exact) mass is 394 g/mol. The number of methoxy groups -OCH3 is 1. The van der Waals surface area contributed by atoms with Gasteiger partial charge in [-0.25, -0.2) is 5.01 Å². The Labute approximate surface area is 171 Å². The number of hydrogen-bond donors (Lipinski definition) is 1. The van der Waals surface area contributed by atoms with Crippen molar-refractivity contribution >= 4 is 23.2 Å². The van der Waals surface area contributed by atoms with E-state index in [1.165, 1.54) is 5.01 Å². The summed E-state index contributed by atoms with van der Waals surface area (Å²) in [4.78, 5) is 27.0. The van der Waals surface area contributed by atoms with Crippen LogP contribution in [0.3, 0.4) is 0 Å². The van der Waals surface area contributed by atoms with Crippen molar-refractivity contribution in [3.8, 4) is 5.75 Å². The summed E-state index contributed by atoms with van der Waals surface area (Å²) >= 11 is 0. The smallest absolute Gasteiger partial charge is 0.267 e. The highest BCUT2D eigenvalue weighted by Crippen LogP contribution is 2.23. The first-order chi connectivity index (χ1) is 14.0. The van der Waals surface area contributed by atoms with Gasteiger partial charge in [-0.05, 0) is 43.9 Å². The van der Waals surface area contributed by atoms with Crippen LogP contribution in [-0.4, -0.2) is 50.2 Å². The van der Waals surface area contributed by atoms with E-state index in [4.69, 9.17) is 4.74 Å². The van der Waals surface area contributed by atoms with Crippen LogP contribution in [0.4, 0.5) is 5.69 Å². The van der Waals surface area contributed by atoms with E-state index in [9.17, 15) is 9.59 Å². The molecule has 29 heavy (non-hydrogen) atoms. The quantitative estimate of drug-likeness (QED) is 0.783. The molecule has 7 nitrogen and oxygen atoms in total. The number of para-hydroxylation sites is 1. The summed E-state index contributed by atoms with van der Waals surface area (Å²) in [7, 11) is 5.56. The molecule has 2 aromatic rings. The molecular weight excluding hydrogens is 368 g/mol. The lowest BCUT2D eigenvalue weighted by molar-refractivity contribution is -0.119. The van der Waals surface area contributed by atoms with Crippen molar-refractivity contribution < 1.29 is 14.3 Å². The molecule has 1 heterocycles. The SMILES string of the molecule is COc1cccc(C(CNC(=O)C2=NN(c3ccccc3)C(=O)CC2)N(C)C)c1. The number of hydrazone groups is 1. The third kappa shape index (κ3) is 5.00. The molecule has 0 radical (unpaired) electrons. The van der Waals surface area contributed by atoms with E-state index in [1.807, 2.05) is 61.5 Å². The van der Waals surface area contributed by atoms with Crippen molar-refractivity contribution in [2.45, 2.75) is 18.9 Å². The summed E-state index contributed by atoms with van der Waals surface area (Å²) < 4.78 is 5.31. The zero-order valence-electron chi connectivity index (χ0n) is 17.0. The summed E-state index contributed by atoms with van der Waals surface area (Å²) in [5.74, 6) is 0.401. The number of hydrogen-bond acceptors (Lipinski definition) is 5. The number of anilines is 1. The second-order valence-electron chi connectivity index (χ2n) is 7.05. The molecule has 0 spiro atoms. The Hall–Kier alpha value is -3.19. The Morgan fingerprint density at radius 2 is 1.93 bits per heavy atom. The molecule has 1 aliphatic rings. The van der Waals surface area contributed by atoms with Crippen molar-refractivity contribution in [3.05, 3.63) is 60.2 Å². The fourth-order valence-corrected chi connectivity index (χ4v) is 3.23. The van der Waals surface area contributed by atoms with E-state index in [0.717, 1.165) is 11.3 Å². The summed E-state index contributed by atoms with van der Waals surface area (Å²) in [5.41, 5.74) is 2.06. The van der Waals surface area contributed by atoms with E-state index in [-0.39, 0.29) is 24.3 Å². The molecule has 0 aromatic heterocycles. The van der Waals surface area contributed by atoms with E-state index in [1.54, 1.807) is 19.2 Å². The van der Waals surface area contributed by atoms with Crippen molar-refractivity contribution in [3.63, 3.8) is 0 Å². The molecule has 1 atom stereocenters. The maximum absolute atomic E-state index is 12.7. The predicted octanol–water partition coefficient (Wildman–Crippen LogP) is 2.60. The number of likely N-dealkylation sites (N-methyl/N-ethyl adjacent to an activating group) is 1. The number of benzene rings is 2. The van der Waals surface area contributed by atoms with E-state index in [2.05, 4.69) is 10.4 Å². The molecular formula is C22H26N4O3. The Morgan fingerprint density at radius 3 is 2.62 bits per heavy atom. The zero-order chi connectivity index (χ0) is 20.8. The lowest BCUT2D eigenvalue weighted by atomic mass is 10.1. The van der Waals surface area contributed by atoms with Crippen LogP contribution < -0.4 is 15.1 Å². The van der Waals surface area contributed by atoms with Gasteiger partial charge in [0.15, 0.2) is 0 Å². The van der Waals surface area contributed by atoms with Crippen molar-refractivity contribution in [2.24, 2.45) is 5.10 Å². The minimum atomic E-state index is -0.256. The van der Waals surface area contributed by atoms with Gasteiger partial charge in [-0.1, -0.05) is 30.3 Å². The second-order valence-corrected chi connectivity index (χ2v) is 7.05. The summed E-state index contributed by atoms with van der Waals surface area (Å²) in [6.07, 6.45) is 0.591. The van der Waals surface area contributed by atoms with Crippen LogP contribution in [0, 0.1) is 0 Å². The molecule has 3 rings (SSSR count). The number of amides is 2. The van der Waals surface area contributed by atoms with Crippen LogP contribution in [0.1, 0.15) is 24.4 Å². The van der Waals surface area contributed by atoms with E-state index >= 15 is 0 Å². The van der Waals surface area contributed by atoms with Crippen LogP contribution in [0.25, 0.3) is 0 Å². The van der Waals surface area contributed by atoms with Gasteiger partial charge in [0, 0.05) is 19.4 Å². The standard InChI is InChI=1S/C22H26N4O3/c1-25(2)20(16-8-7-11-18(14-16)29-3)15-23-22(28)19-12-13-21(27)26(24-19)17-9-5-4-6-10-17/h4-11,14,20H,12-13,15H2,1-3H3,(H,23,28). The highest BCUT2D eigenvalue weighted by atomic mass is 16.5. The average molecular weight is 394 g/mol. The Kier molecular flexibility index (Phi) is 6.61. The van der Waals surface area contributed by atoms with Gasteiger partial charge in [-0.15, -0.1) is 0 Å². The summed E-state index contributed by atoms with van der Waals surface area (Å²) in [5, 5.41) is 8.59. The lowest BCUT2D eigenvalue weighted by Crippen LogP contribution is -2.41. The van der Waals surface area contributed by atoms with Gasteiger partial charge >= 0.3 is 0 Å². The number of nitrogens with zero attached hydrogens (tertiary/aromatic N) is 3. The topological polar surface area (TPSA) is 74.2 Å². The Bertz CT molecular complexity index is 896. The van der Waals surface area contributed by atoms with Crippen LogP contribution in [-0.2, 0) is 9.59 Å². The minimum absolute atomic E-state index is 0.0231. The maximum atomic E-state index is 12.7. The molecule has 1 N–H and O–H groups in total. The van der Waals surface area contributed by atoms with Gasteiger partial charge in [-0.2, -0.15) is 5.10 Å². The molecule has 152 valence electrons. The number of carbonyl (C=O) groups is 2. The molecule has 1 aliphatic heterocycles. The molecule has 2 amide bonds. The summed E-state index contributed by atoms with van der Waals surface area (Å²) in [6.45, 7) is 0.414. The van der Waals surface area contributed by atoms with Crippen molar-refractivity contribution in [1.82, 2.24) is 10.2 Å². The number of rotatable bonds is 7. The number of nitrogens with one attached hydrogen (secondary N) is 1. The van der Waals surface area contributed by atoms with Gasteiger partial charge in [-0.3, -0.25) is 9.59 Å². The van der Waals surface area contributed by atoms with Crippen LogP contribution in [0.5, 0.6) is 5.75 Å². The third-order valence-corrected chi connectivity index (χ3v) is 4.85. The molecule has 1 unspecified atom stereocenters. The largest absolute Gasteiger partial charge is 0.497 e. The molecule has 0 aliphatic carbocycles. The van der Waals surface area contributed by atoms with E-state index < -0.39 is 0 Å². The molecule has 7 heteroatoms. The van der Waals surface area contributed by atoms with Gasteiger partial charge in [0.2, 0.25) is 5.91 Å². The molecule has 2 aromatic carbocycles.